The molecule has 0 aliphatic carbocycles. The molecule has 0 amide bonds. The molecule has 0 saturated heterocycles. The number of rotatable bonds is 8. The van der Waals surface area contributed by atoms with Crippen molar-refractivity contribution in [2.75, 3.05) is 24.3 Å². The van der Waals surface area contributed by atoms with Crippen molar-refractivity contribution < 1.29 is 19.1 Å². The number of fused-ring (bicyclic) bond motifs is 1. The van der Waals surface area contributed by atoms with Crippen LogP contribution in [0.15, 0.2) is 42.6 Å². The molecule has 2 heterocycles. The Morgan fingerprint density at radius 3 is 2.71 bits per heavy atom. The first kappa shape index (κ1) is 22.6. The number of halogens is 1. The number of ether oxygens (including phenoxy) is 2. The van der Waals surface area contributed by atoms with Gasteiger partial charge in [-0.05, 0) is 51.5 Å². The summed E-state index contributed by atoms with van der Waals surface area (Å²) in [6.07, 6.45) is 1.94. The molecule has 0 atom stereocenters. The molecule has 0 aliphatic rings. The summed E-state index contributed by atoms with van der Waals surface area (Å²) in [5.41, 5.74) is 2.33. The third-order valence-corrected chi connectivity index (χ3v) is 5.34. The average Bonchev–Trinajstić information content (AvgIpc) is 3.10. The standard InChI is InChI=1S/C23H26ClN3O4/c1-5-30-19(28)12-25-21-20(26-18-10-9-15(2)13-27(18)21)16-7-6-8-17(11-16)31-22(29)23(3,4)14-24/h6-11,13,25H,5,12,14H2,1-4H3. The quantitative estimate of drug-likeness (QED) is 0.314. The molecule has 0 spiro atoms. The van der Waals surface area contributed by atoms with Crippen LogP contribution in [0.3, 0.4) is 0 Å². The van der Waals surface area contributed by atoms with Crippen LogP contribution in [0.2, 0.25) is 0 Å². The van der Waals surface area contributed by atoms with Gasteiger partial charge in [-0.1, -0.05) is 18.2 Å². The van der Waals surface area contributed by atoms with Gasteiger partial charge in [0.05, 0.1) is 12.0 Å². The second-order valence-corrected chi connectivity index (χ2v) is 8.10. The van der Waals surface area contributed by atoms with Crippen molar-refractivity contribution >= 4 is 35.0 Å². The summed E-state index contributed by atoms with van der Waals surface area (Å²) < 4.78 is 12.5. The van der Waals surface area contributed by atoms with E-state index >= 15 is 0 Å². The van der Waals surface area contributed by atoms with Crippen molar-refractivity contribution in [3.8, 4) is 17.0 Å². The summed E-state index contributed by atoms with van der Waals surface area (Å²) in [5, 5.41) is 3.14. The predicted molar refractivity (Wildman–Crippen MR) is 121 cm³/mol. The lowest BCUT2D eigenvalue weighted by atomic mass is 9.97. The molecule has 1 aromatic carbocycles. The zero-order chi connectivity index (χ0) is 22.6. The molecule has 3 rings (SSSR count). The first-order valence-corrected chi connectivity index (χ1v) is 10.6. The van der Waals surface area contributed by atoms with E-state index in [0.717, 1.165) is 16.8 Å². The van der Waals surface area contributed by atoms with Gasteiger partial charge in [0.1, 0.15) is 29.5 Å². The number of nitrogens with one attached hydrogen (secondary N) is 1. The molecule has 3 aromatic rings. The summed E-state index contributed by atoms with van der Waals surface area (Å²) in [6, 6.07) is 11.0. The molecular formula is C23H26ClN3O4. The normalized spacial score (nSPS) is 11.4. The van der Waals surface area contributed by atoms with Gasteiger partial charge in [-0.2, -0.15) is 0 Å². The van der Waals surface area contributed by atoms with Crippen LogP contribution >= 0.6 is 11.6 Å². The Bertz CT molecular complexity index is 1110. The van der Waals surface area contributed by atoms with Gasteiger partial charge in [0, 0.05) is 17.6 Å². The average molecular weight is 444 g/mol. The summed E-state index contributed by atoms with van der Waals surface area (Å²) in [4.78, 5) is 29.0. The van der Waals surface area contributed by atoms with E-state index in [4.69, 9.17) is 26.1 Å². The molecule has 7 nitrogen and oxygen atoms in total. The lowest BCUT2D eigenvalue weighted by molar-refractivity contribution is -0.143. The van der Waals surface area contributed by atoms with Gasteiger partial charge in [-0.25, -0.2) is 4.98 Å². The molecule has 164 valence electrons. The molecule has 0 fully saturated rings. The van der Waals surface area contributed by atoms with Gasteiger partial charge >= 0.3 is 11.9 Å². The van der Waals surface area contributed by atoms with Gasteiger partial charge in [0.25, 0.3) is 0 Å². The van der Waals surface area contributed by atoms with E-state index < -0.39 is 11.4 Å². The smallest absolute Gasteiger partial charge is 0.325 e. The largest absolute Gasteiger partial charge is 0.465 e. The highest BCUT2D eigenvalue weighted by molar-refractivity contribution is 6.19. The molecule has 31 heavy (non-hydrogen) atoms. The molecule has 8 heteroatoms. The SMILES string of the molecule is CCOC(=O)CNc1c(-c2cccc(OC(=O)C(C)(C)CCl)c2)nc2ccc(C)cn12. The van der Waals surface area contributed by atoms with E-state index in [0.29, 0.717) is 23.9 Å². The highest BCUT2D eigenvalue weighted by Gasteiger charge is 2.29. The minimum atomic E-state index is -0.801. The third-order valence-electron chi connectivity index (χ3n) is 4.68. The van der Waals surface area contributed by atoms with Crippen LogP contribution in [0.5, 0.6) is 5.75 Å². The number of hydrogen-bond acceptors (Lipinski definition) is 6. The molecule has 0 saturated carbocycles. The zero-order valence-corrected chi connectivity index (χ0v) is 18.8. The maximum atomic E-state index is 12.4. The number of pyridine rings is 1. The Kier molecular flexibility index (Phi) is 6.85. The number of anilines is 1. The molecule has 0 aliphatic heterocycles. The number of alkyl halides is 1. The van der Waals surface area contributed by atoms with Crippen LogP contribution in [0.25, 0.3) is 16.9 Å². The van der Waals surface area contributed by atoms with Gasteiger partial charge in [0.15, 0.2) is 0 Å². The van der Waals surface area contributed by atoms with Crippen LogP contribution in [0, 0.1) is 12.3 Å². The number of carbonyl (C=O) groups is 2. The van der Waals surface area contributed by atoms with Crippen LogP contribution in [0.1, 0.15) is 26.3 Å². The van der Waals surface area contributed by atoms with Gasteiger partial charge in [-0.15, -0.1) is 11.6 Å². The van der Waals surface area contributed by atoms with Crippen LogP contribution < -0.4 is 10.1 Å². The minimum absolute atomic E-state index is 0.00115. The highest BCUT2D eigenvalue weighted by Crippen LogP contribution is 2.32. The molecule has 0 radical (unpaired) electrons. The van der Waals surface area contributed by atoms with Gasteiger partial charge in [-0.3, -0.25) is 14.0 Å². The molecule has 1 N–H and O–H groups in total. The van der Waals surface area contributed by atoms with Crippen molar-refractivity contribution in [2.45, 2.75) is 27.7 Å². The fourth-order valence-electron chi connectivity index (χ4n) is 2.90. The number of imidazole rings is 1. The van der Waals surface area contributed by atoms with Crippen LogP contribution in [-0.2, 0) is 14.3 Å². The topological polar surface area (TPSA) is 81.9 Å². The number of aromatic nitrogens is 2. The zero-order valence-electron chi connectivity index (χ0n) is 18.1. The van der Waals surface area contributed by atoms with E-state index in [1.807, 2.05) is 35.7 Å². The monoisotopic (exact) mass is 443 g/mol. The predicted octanol–water partition coefficient (Wildman–Crippen LogP) is 4.46. The Balaban J connectivity index is 1.99. The van der Waals surface area contributed by atoms with Crippen molar-refractivity contribution in [1.82, 2.24) is 9.38 Å². The van der Waals surface area contributed by atoms with E-state index in [1.165, 1.54) is 0 Å². The van der Waals surface area contributed by atoms with E-state index in [1.54, 1.807) is 39.0 Å². The highest BCUT2D eigenvalue weighted by atomic mass is 35.5. The summed E-state index contributed by atoms with van der Waals surface area (Å²) >= 11 is 5.88. The van der Waals surface area contributed by atoms with Gasteiger partial charge in [0.2, 0.25) is 0 Å². The molecule has 0 unspecified atom stereocenters. The molecule has 2 aromatic heterocycles. The van der Waals surface area contributed by atoms with Gasteiger partial charge < -0.3 is 14.8 Å². The molecule has 0 bridgehead atoms. The Morgan fingerprint density at radius 1 is 1.23 bits per heavy atom. The lowest BCUT2D eigenvalue weighted by Gasteiger charge is -2.19. The van der Waals surface area contributed by atoms with Crippen molar-refractivity contribution in [3.63, 3.8) is 0 Å². The number of aryl methyl sites for hydroxylation is 1. The van der Waals surface area contributed by atoms with Crippen LogP contribution in [-0.4, -0.2) is 40.4 Å². The van der Waals surface area contributed by atoms with E-state index in [9.17, 15) is 9.59 Å². The Labute approximate surface area is 186 Å². The summed E-state index contributed by atoms with van der Waals surface area (Å²) in [7, 11) is 0. The molecular weight excluding hydrogens is 418 g/mol. The maximum absolute atomic E-state index is 12.4. The third kappa shape index (κ3) is 5.17. The summed E-state index contributed by atoms with van der Waals surface area (Å²) in [5.74, 6) is 0.425. The fraction of sp³-hybridized carbons (Fsp3) is 0.348. The first-order valence-electron chi connectivity index (χ1n) is 10.0. The van der Waals surface area contributed by atoms with E-state index in [2.05, 4.69) is 5.32 Å². The first-order chi connectivity index (χ1) is 14.7. The Hall–Kier alpha value is -3.06. The van der Waals surface area contributed by atoms with Crippen LogP contribution in [0.4, 0.5) is 5.82 Å². The second-order valence-electron chi connectivity index (χ2n) is 7.84. The Morgan fingerprint density at radius 2 is 2.00 bits per heavy atom. The van der Waals surface area contributed by atoms with E-state index in [-0.39, 0.29) is 18.4 Å². The number of hydrogen-bond donors (Lipinski definition) is 1. The van der Waals surface area contributed by atoms with Crippen molar-refractivity contribution in [3.05, 3.63) is 48.2 Å². The number of benzene rings is 1. The second kappa shape index (κ2) is 9.39. The lowest BCUT2D eigenvalue weighted by Crippen LogP contribution is -2.30. The summed E-state index contributed by atoms with van der Waals surface area (Å²) in [6.45, 7) is 7.51. The number of nitrogens with zero attached hydrogens (tertiary/aromatic N) is 2. The maximum Gasteiger partial charge on any atom is 0.325 e. The fourth-order valence-corrected chi connectivity index (χ4v) is 3.00. The minimum Gasteiger partial charge on any atom is -0.465 e. The van der Waals surface area contributed by atoms with Crippen molar-refractivity contribution in [2.24, 2.45) is 5.41 Å². The number of carbonyl (C=O) groups excluding carboxylic acids is 2. The van der Waals surface area contributed by atoms with Crippen molar-refractivity contribution in [1.29, 1.82) is 0 Å². The number of esters is 2.